The summed E-state index contributed by atoms with van der Waals surface area (Å²) in [5.41, 5.74) is 1.31. The highest BCUT2D eigenvalue weighted by molar-refractivity contribution is 7.10. The van der Waals surface area contributed by atoms with Crippen molar-refractivity contribution in [2.45, 2.75) is 44.2 Å². The van der Waals surface area contributed by atoms with Gasteiger partial charge in [0.2, 0.25) is 11.8 Å². The molecule has 0 aliphatic heterocycles. The van der Waals surface area contributed by atoms with Crippen molar-refractivity contribution in [1.29, 1.82) is 0 Å². The monoisotopic (exact) mass is 482 g/mol. The highest BCUT2D eigenvalue weighted by Gasteiger charge is 2.34. The van der Waals surface area contributed by atoms with Crippen LogP contribution in [0.4, 0.5) is 5.69 Å². The van der Waals surface area contributed by atoms with E-state index in [9.17, 15) is 9.59 Å². The minimum atomic E-state index is -0.831. The normalized spacial score (nSPS) is 14.6. The maximum Gasteiger partial charge on any atom is 0.248 e. The molecule has 0 spiro atoms. The zero-order valence-electron chi connectivity index (χ0n) is 18.5. The van der Waals surface area contributed by atoms with E-state index in [4.69, 9.17) is 16.3 Å². The number of rotatable bonds is 8. The van der Waals surface area contributed by atoms with E-state index in [1.54, 1.807) is 30.2 Å². The Morgan fingerprint density at radius 1 is 1.12 bits per heavy atom. The summed E-state index contributed by atoms with van der Waals surface area (Å²) < 4.78 is 5.41. The van der Waals surface area contributed by atoms with Crippen LogP contribution in [0.25, 0.3) is 0 Å². The lowest BCUT2D eigenvalue weighted by atomic mass is 10.0. The molecule has 0 bridgehead atoms. The first kappa shape index (κ1) is 23.3. The van der Waals surface area contributed by atoms with E-state index in [0.29, 0.717) is 22.0 Å². The van der Waals surface area contributed by atoms with Crippen molar-refractivity contribution >= 4 is 40.4 Å². The van der Waals surface area contributed by atoms with Crippen LogP contribution in [-0.4, -0.2) is 25.0 Å². The minimum absolute atomic E-state index is 0.131. The van der Waals surface area contributed by atoms with E-state index in [0.717, 1.165) is 30.6 Å². The largest absolute Gasteiger partial charge is 0.497 e. The number of anilines is 1. The van der Waals surface area contributed by atoms with Gasteiger partial charge in [0.15, 0.2) is 0 Å². The molecule has 1 fully saturated rings. The number of halogens is 1. The molecule has 1 saturated carbocycles. The number of nitrogens with zero attached hydrogens (tertiary/aromatic N) is 1. The minimum Gasteiger partial charge on any atom is -0.497 e. The number of amides is 2. The second kappa shape index (κ2) is 10.9. The van der Waals surface area contributed by atoms with E-state index in [1.807, 2.05) is 47.8 Å². The summed E-state index contributed by atoms with van der Waals surface area (Å²) in [4.78, 5) is 30.0. The number of nitrogens with one attached hydrogen (secondary N) is 1. The molecule has 2 amide bonds. The number of carbonyl (C=O) groups is 2. The standard InChI is InChI=1S/C26H27ClN2O3S/c1-32-22-9-4-8-21(16-22)29(24(30)17-23-10-5-15-33-23)25(18-11-13-19(27)14-12-18)26(31)28-20-6-2-3-7-20/h4-5,8-16,20,25H,2-3,6-7,17H2,1H3,(H,28,31)/t25-/m1/s1. The zero-order chi connectivity index (χ0) is 23.2. The molecular formula is C26H27ClN2O3S. The smallest absolute Gasteiger partial charge is 0.248 e. The van der Waals surface area contributed by atoms with Crippen LogP contribution in [0.5, 0.6) is 5.75 Å². The van der Waals surface area contributed by atoms with Crippen molar-refractivity contribution < 1.29 is 14.3 Å². The van der Waals surface area contributed by atoms with Crippen LogP contribution in [0, 0.1) is 0 Å². The van der Waals surface area contributed by atoms with E-state index in [-0.39, 0.29) is 24.3 Å². The summed E-state index contributed by atoms with van der Waals surface area (Å²) in [6, 6.07) is 17.6. The number of thiophene rings is 1. The molecule has 5 nitrogen and oxygen atoms in total. The third-order valence-corrected chi connectivity index (χ3v) is 7.03. The first-order valence-corrected chi connectivity index (χ1v) is 12.4. The van der Waals surface area contributed by atoms with E-state index in [2.05, 4.69) is 5.32 Å². The van der Waals surface area contributed by atoms with Gasteiger partial charge in [-0.25, -0.2) is 0 Å². The van der Waals surface area contributed by atoms with Gasteiger partial charge in [0.05, 0.1) is 13.5 Å². The fourth-order valence-electron chi connectivity index (χ4n) is 4.26. The van der Waals surface area contributed by atoms with Gasteiger partial charge in [-0.3, -0.25) is 14.5 Å². The van der Waals surface area contributed by atoms with Gasteiger partial charge in [0.25, 0.3) is 0 Å². The van der Waals surface area contributed by atoms with E-state index in [1.165, 1.54) is 11.3 Å². The van der Waals surface area contributed by atoms with Gasteiger partial charge < -0.3 is 10.1 Å². The maximum absolute atomic E-state index is 13.7. The Morgan fingerprint density at radius 3 is 2.55 bits per heavy atom. The zero-order valence-corrected chi connectivity index (χ0v) is 20.1. The van der Waals surface area contributed by atoms with Crippen LogP contribution < -0.4 is 15.0 Å². The molecule has 0 unspecified atom stereocenters. The Balaban J connectivity index is 1.77. The van der Waals surface area contributed by atoms with Crippen LogP contribution in [0.3, 0.4) is 0 Å². The Morgan fingerprint density at radius 2 is 1.88 bits per heavy atom. The number of carbonyl (C=O) groups excluding carboxylic acids is 2. The van der Waals surface area contributed by atoms with Crippen LogP contribution in [-0.2, 0) is 16.0 Å². The first-order valence-electron chi connectivity index (χ1n) is 11.1. The van der Waals surface area contributed by atoms with Crippen molar-refractivity contribution in [3.05, 3.63) is 81.5 Å². The lowest BCUT2D eigenvalue weighted by Crippen LogP contribution is -2.46. The van der Waals surface area contributed by atoms with E-state index < -0.39 is 6.04 Å². The molecule has 2 aromatic carbocycles. The number of ether oxygens (including phenoxy) is 1. The number of methoxy groups -OCH3 is 1. The molecule has 172 valence electrons. The molecule has 7 heteroatoms. The Hall–Kier alpha value is -2.83. The van der Waals surface area contributed by atoms with Gasteiger partial charge >= 0.3 is 0 Å². The average molecular weight is 483 g/mol. The number of benzene rings is 2. The molecule has 33 heavy (non-hydrogen) atoms. The first-order chi connectivity index (χ1) is 16.0. The Labute approximate surface area is 203 Å². The van der Waals surface area contributed by atoms with Gasteiger partial charge in [-0.15, -0.1) is 11.3 Å². The lowest BCUT2D eigenvalue weighted by molar-refractivity contribution is -0.127. The SMILES string of the molecule is COc1cccc(N(C(=O)Cc2cccs2)[C@@H](C(=O)NC2CCCC2)c2ccc(Cl)cc2)c1. The van der Waals surface area contributed by atoms with Crippen molar-refractivity contribution in [3.8, 4) is 5.75 Å². The fraction of sp³-hybridized carbons (Fsp3) is 0.308. The number of hydrogen-bond donors (Lipinski definition) is 1. The van der Waals surface area contributed by atoms with Gasteiger partial charge in [-0.05, 0) is 54.1 Å². The lowest BCUT2D eigenvalue weighted by Gasteiger charge is -2.32. The predicted molar refractivity (Wildman–Crippen MR) is 133 cm³/mol. The quantitative estimate of drug-likeness (QED) is 0.442. The average Bonchev–Trinajstić information content (AvgIpc) is 3.52. The summed E-state index contributed by atoms with van der Waals surface area (Å²) in [6.45, 7) is 0. The second-order valence-electron chi connectivity index (χ2n) is 8.17. The summed E-state index contributed by atoms with van der Waals surface area (Å²) in [5.74, 6) is 0.270. The molecule has 1 heterocycles. The molecule has 1 atom stereocenters. The molecule has 3 aromatic rings. The van der Waals surface area contributed by atoms with Crippen LogP contribution >= 0.6 is 22.9 Å². The van der Waals surface area contributed by atoms with Crippen LogP contribution in [0.15, 0.2) is 66.0 Å². The Kier molecular flexibility index (Phi) is 7.68. The fourth-order valence-corrected chi connectivity index (χ4v) is 5.08. The predicted octanol–water partition coefficient (Wildman–Crippen LogP) is 5.79. The molecule has 4 rings (SSSR count). The second-order valence-corrected chi connectivity index (χ2v) is 9.63. The van der Waals surface area contributed by atoms with Crippen molar-refractivity contribution in [2.24, 2.45) is 0 Å². The molecule has 1 N–H and O–H groups in total. The molecule has 1 aliphatic rings. The van der Waals surface area contributed by atoms with Gasteiger partial charge in [-0.1, -0.05) is 48.7 Å². The summed E-state index contributed by atoms with van der Waals surface area (Å²) in [5, 5.41) is 5.71. The van der Waals surface area contributed by atoms with Gasteiger partial charge in [0, 0.05) is 27.7 Å². The summed E-state index contributed by atoms with van der Waals surface area (Å²) >= 11 is 7.66. The molecule has 0 saturated heterocycles. The van der Waals surface area contributed by atoms with Crippen molar-refractivity contribution in [2.75, 3.05) is 12.0 Å². The highest BCUT2D eigenvalue weighted by atomic mass is 35.5. The molecule has 1 aromatic heterocycles. The molecule has 0 radical (unpaired) electrons. The van der Waals surface area contributed by atoms with Crippen molar-refractivity contribution in [1.82, 2.24) is 5.32 Å². The maximum atomic E-state index is 13.7. The van der Waals surface area contributed by atoms with Crippen LogP contribution in [0.1, 0.15) is 42.2 Å². The van der Waals surface area contributed by atoms with Gasteiger partial charge in [0.1, 0.15) is 11.8 Å². The molecular weight excluding hydrogens is 456 g/mol. The van der Waals surface area contributed by atoms with Crippen LogP contribution in [0.2, 0.25) is 5.02 Å². The van der Waals surface area contributed by atoms with Gasteiger partial charge in [-0.2, -0.15) is 0 Å². The number of hydrogen-bond acceptors (Lipinski definition) is 4. The Bertz CT molecular complexity index is 1080. The molecule has 1 aliphatic carbocycles. The van der Waals surface area contributed by atoms with E-state index >= 15 is 0 Å². The topological polar surface area (TPSA) is 58.6 Å². The third-order valence-electron chi connectivity index (χ3n) is 5.90. The summed E-state index contributed by atoms with van der Waals surface area (Å²) in [7, 11) is 1.58. The summed E-state index contributed by atoms with van der Waals surface area (Å²) in [6.07, 6.45) is 4.33. The third kappa shape index (κ3) is 5.75. The van der Waals surface area contributed by atoms with Crippen molar-refractivity contribution in [3.63, 3.8) is 0 Å². The highest BCUT2D eigenvalue weighted by Crippen LogP contribution is 2.32.